The van der Waals surface area contributed by atoms with Crippen LogP contribution in [-0.2, 0) is 4.79 Å². The number of amides is 1. The van der Waals surface area contributed by atoms with Crippen molar-refractivity contribution in [1.82, 2.24) is 5.32 Å². The lowest BCUT2D eigenvalue weighted by Gasteiger charge is -2.21. The molecule has 2 aromatic carbocycles. The van der Waals surface area contributed by atoms with Gasteiger partial charge in [0.25, 0.3) is 11.7 Å². The van der Waals surface area contributed by atoms with Gasteiger partial charge in [-0.3, -0.25) is 9.59 Å². The van der Waals surface area contributed by atoms with Gasteiger partial charge in [0, 0.05) is 21.3 Å². The molecule has 0 spiro atoms. The molecule has 0 atom stereocenters. The summed E-state index contributed by atoms with van der Waals surface area (Å²) in [6.45, 7) is 0. The molecule has 8 heteroatoms. The Morgan fingerprint density at radius 3 is 1.86 bits per heavy atom. The molecular formula is C20H18BrNO6. The molecule has 1 aliphatic rings. The summed E-state index contributed by atoms with van der Waals surface area (Å²) in [7, 11) is 6.05. The highest BCUT2D eigenvalue weighted by Crippen LogP contribution is 2.38. The zero-order valence-electron chi connectivity index (χ0n) is 15.7. The SMILES string of the molecule is COc1cc(Br)c(/C=C2/NC(=O)C(=O)c3cc(OC)c(OC)cc32)cc1OC. The number of halogens is 1. The number of Topliss-reactive ketones (excluding diaryl/α,β-unsaturated/α-hetero) is 1. The van der Waals surface area contributed by atoms with Gasteiger partial charge in [0.1, 0.15) is 0 Å². The standard InChI is InChI=1S/C20H18BrNO6/c1-25-15-6-10(13(21)9-18(15)28-4)5-14-11-7-16(26-2)17(27-3)8-12(11)19(23)20(24)22-14/h5-9H,1-4H3,(H,22,24)/b14-5+. The topological polar surface area (TPSA) is 83.1 Å². The Bertz CT molecular complexity index is 999. The highest BCUT2D eigenvalue weighted by Gasteiger charge is 2.30. The Labute approximate surface area is 170 Å². The van der Waals surface area contributed by atoms with Crippen LogP contribution >= 0.6 is 15.9 Å². The zero-order chi connectivity index (χ0) is 20.4. The van der Waals surface area contributed by atoms with E-state index in [-0.39, 0.29) is 5.56 Å². The maximum atomic E-state index is 12.4. The van der Waals surface area contributed by atoms with E-state index in [4.69, 9.17) is 18.9 Å². The van der Waals surface area contributed by atoms with Crippen molar-refractivity contribution in [3.63, 3.8) is 0 Å². The van der Waals surface area contributed by atoms with E-state index in [1.54, 1.807) is 31.4 Å². The van der Waals surface area contributed by atoms with Crippen molar-refractivity contribution in [2.45, 2.75) is 0 Å². The number of ketones is 1. The third kappa shape index (κ3) is 3.43. The second kappa shape index (κ2) is 7.93. The molecule has 146 valence electrons. The summed E-state index contributed by atoms with van der Waals surface area (Å²) in [5.41, 5.74) is 1.95. The van der Waals surface area contributed by atoms with Crippen LogP contribution in [0.1, 0.15) is 21.5 Å². The van der Waals surface area contributed by atoms with Gasteiger partial charge in [-0.1, -0.05) is 15.9 Å². The summed E-state index contributed by atoms with van der Waals surface area (Å²) in [6, 6.07) is 6.69. The van der Waals surface area contributed by atoms with Crippen molar-refractivity contribution in [3.8, 4) is 23.0 Å². The molecule has 0 saturated carbocycles. The fourth-order valence-electron chi connectivity index (χ4n) is 2.91. The molecule has 1 N–H and O–H groups in total. The minimum absolute atomic E-state index is 0.240. The van der Waals surface area contributed by atoms with Crippen LogP contribution in [0, 0.1) is 0 Å². The predicted molar refractivity (Wildman–Crippen MR) is 107 cm³/mol. The van der Waals surface area contributed by atoms with Crippen molar-refractivity contribution in [2.24, 2.45) is 0 Å². The second-order valence-electron chi connectivity index (χ2n) is 5.82. The number of fused-ring (bicyclic) bond motifs is 1. The molecule has 3 rings (SSSR count). The number of carbonyl (C=O) groups is 2. The molecule has 0 saturated heterocycles. The van der Waals surface area contributed by atoms with Gasteiger partial charge in [0.2, 0.25) is 0 Å². The van der Waals surface area contributed by atoms with E-state index in [1.807, 2.05) is 0 Å². The number of rotatable bonds is 5. The summed E-state index contributed by atoms with van der Waals surface area (Å²) >= 11 is 3.49. The van der Waals surface area contributed by atoms with E-state index in [0.717, 1.165) is 10.0 Å². The van der Waals surface area contributed by atoms with E-state index < -0.39 is 11.7 Å². The molecule has 0 radical (unpaired) electrons. The summed E-state index contributed by atoms with van der Waals surface area (Å²) in [5, 5.41) is 2.64. The van der Waals surface area contributed by atoms with E-state index in [2.05, 4.69) is 21.2 Å². The Morgan fingerprint density at radius 1 is 0.786 bits per heavy atom. The molecule has 0 aromatic heterocycles. The maximum absolute atomic E-state index is 12.4. The van der Waals surface area contributed by atoms with Crippen LogP contribution in [0.25, 0.3) is 11.8 Å². The van der Waals surface area contributed by atoms with Crippen molar-refractivity contribution < 1.29 is 28.5 Å². The Balaban J connectivity index is 2.20. The van der Waals surface area contributed by atoms with E-state index in [0.29, 0.717) is 34.3 Å². The van der Waals surface area contributed by atoms with E-state index in [1.165, 1.54) is 27.4 Å². The molecule has 1 aliphatic heterocycles. The lowest BCUT2D eigenvalue weighted by molar-refractivity contribution is -0.116. The first kappa shape index (κ1) is 19.8. The average Bonchev–Trinajstić information content (AvgIpc) is 2.71. The zero-order valence-corrected chi connectivity index (χ0v) is 17.3. The molecule has 0 aliphatic carbocycles. The smallest absolute Gasteiger partial charge is 0.296 e. The van der Waals surface area contributed by atoms with Crippen LogP contribution in [-0.4, -0.2) is 40.1 Å². The van der Waals surface area contributed by atoms with Crippen molar-refractivity contribution in [3.05, 3.63) is 45.4 Å². The van der Waals surface area contributed by atoms with Gasteiger partial charge < -0.3 is 24.3 Å². The summed E-state index contributed by atoms with van der Waals surface area (Å²) in [4.78, 5) is 24.5. The Hall–Kier alpha value is -3.00. The highest BCUT2D eigenvalue weighted by atomic mass is 79.9. The fraction of sp³-hybridized carbons (Fsp3) is 0.200. The number of ether oxygens (including phenoxy) is 4. The van der Waals surface area contributed by atoms with Crippen LogP contribution in [0.5, 0.6) is 23.0 Å². The Morgan fingerprint density at radius 2 is 1.29 bits per heavy atom. The summed E-state index contributed by atoms with van der Waals surface area (Å²) in [5.74, 6) is 0.551. The Kier molecular flexibility index (Phi) is 5.60. The van der Waals surface area contributed by atoms with Gasteiger partial charge in [-0.15, -0.1) is 0 Å². The first-order valence-electron chi connectivity index (χ1n) is 8.18. The quantitative estimate of drug-likeness (QED) is 0.707. The average molecular weight is 448 g/mol. The fourth-order valence-corrected chi connectivity index (χ4v) is 3.35. The van der Waals surface area contributed by atoms with E-state index in [9.17, 15) is 9.59 Å². The molecule has 0 bridgehead atoms. The largest absolute Gasteiger partial charge is 0.493 e. The second-order valence-corrected chi connectivity index (χ2v) is 6.68. The van der Waals surface area contributed by atoms with Crippen LogP contribution in [0.3, 0.4) is 0 Å². The first-order valence-corrected chi connectivity index (χ1v) is 8.98. The van der Waals surface area contributed by atoms with Crippen LogP contribution in [0.4, 0.5) is 0 Å². The molecule has 0 fully saturated rings. The number of hydrogen-bond donors (Lipinski definition) is 1. The minimum Gasteiger partial charge on any atom is -0.493 e. The lowest BCUT2D eigenvalue weighted by atomic mass is 9.94. The van der Waals surface area contributed by atoms with Gasteiger partial charge in [0.05, 0.1) is 28.4 Å². The lowest BCUT2D eigenvalue weighted by Crippen LogP contribution is -2.35. The third-order valence-corrected chi connectivity index (χ3v) is 5.00. The highest BCUT2D eigenvalue weighted by molar-refractivity contribution is 9.10. The van der Waals surface area contributed by atoms with Crippen molar-refractivity contribution in [2.75, 3.05) is 28.4 Å². The van der Waals surface area contributed by atoms with E-state index >= 15 is 0 Å². The van der Waals surface area contributed by atoms with Gasteiger partial charge >= 0.3 is 0 Å². The number of hydrogen-bond acceptors (Lipinski definition) is 6. The van der Waals surface area contributed by atoms with Crippen molar-refractivity contribution in [1.29, 1.82) is 0 Å². The minimum atomic E-state index is -0.720. The summed E-state index contributed by atoms with van der Waals surface area (Å²) < 4.78 is 21.9. The molecule has 1 heterocycles. The first-order chi connectivity index (χ1) is 13.4. The van der Waals surface area contributed by atoms with Crippen LogP contribution in [0.2, 0.25) is 0 Å². The molecular weight excluding hydrogens is 430 g/mol. The number of nitrogens with one attached hydrogen (secondary N) is 1. The maximum Gasteiger partial charge on any atom is 0.296 e. The number of methoxy groups -OCH3 is 4. The summed E-state index contributed by atoms with van der Waals surface area (Å²) in [6.07, 6.45) is 1.74. The molecule has 28 heavy (non-hydrogen) atoms. The number of carbonyl (C=O) groups excluding carboxylic acids is 2. The molecule has 1 amide bonds. The molecule has 0 unspecified atom stereocenters. The molecule has 7 nitrogen and oxygen atoms in total. The van der Waals surface area contributed by atoms with Gasteiger partial charge in [-0.05, 0) is 35.9 Å². The van der Waals surface area contributed by atoms with Crippen LogP contribution < -0.4 is 24.3 Å². The monoisotopic (exact) mass is 447 g/mol. The number of benzene rings is 2. The van der Waals surface area contributed by atoms with Gasteiger partial charge in [0.15, 0.2) is 23.0 Å². The normalized spacial score (nSPS) is 14.4. The van der Waals surface area contributed by atoms with Gasteiger partial charge in [-0.2, -0.15) is 0 Å². The predicted octanol–water partition coefficient (Wildman–Crippen LogP) is 3.29. The van der Waals surface area contributed by atoms with Gasteiger partial charge in [-0.25, -0.2) is 0 Å². The molecule has 2 aromatic rings. The van der Waals surface area contributed by atoms with Crippen LogP contribution in [0.15, 0.2) is 28.7 Å². The third-order valence-electron chi connectivity index (χ3n) is 4.32. The van der Waals surface area contributed by atoms with Crippen molar-refractivity contribution >= 4 is 39.4 Å².